The topological polar surface area (TPSA) is 72.2 Å². The van der Waals surface area contributed by atoms with E-state index in [0.29, 0.717) is 17.7 Å². The zero-order valence-electron chi connectivity index (χ0n) is 10.5. The van der Waals surface area contributed by atoms with Gasteiger partial charge in [-0.2, -0.15) is 0 Å². The van der Waals surface area contributed by atoms with E-state index in [4.69, 9.17) is 5.73 Å². The van der Waals surface area contributed by atoms with E-state index in [1.54, 1.807) is 24.3 Å². The van der Waals surface area contributed by atoms with Crippen LogP contribution in [0, 0.1) is 0 Å². The predicted octanol–water partition coefficient (Wildman–Crippen LogP) is 2.10. The minimum Gasteiger partial charge on any atom is -0.326 e. The van der Waals surface area contributed by atoms with E-state index >= 15 is 0 Å². The summed E-state index contributed by atoms with van der Waals surface area (Å²) in [7, 11) is 0. The summed E-state index contributed by atoms with van der Waals surface area (Å²) in [5.41, 5.74) is 6.95. The molecule has 0 bridgehead atoms. The molecule has 1 aliphatic carbocycles. The van der Waals surface area contributed by atoms with E-state index in [0.717, 1.165) is 19.3 Å². The van der Waals surface area contributed by atoms with Crippen LogP contribution in [0.5, 0.6) is 0 Å². The SMILES string of the molecule is CC(=O)c1cccc(NC(=O)CC2(N)CCC2)c1. The van der Waals surface area contributed by atoms with Gasteiger partial charge in [-0.25, -0.2) is 0 Å². The Morgan fingerprint density at radius 1 is 1.39 bits per heavy atom. The summed E-state index contributed by atoms with van der Waals surface area (Å²) in [6, 6.07) is 6.95. The van der Waals surface area contributed by atoms with Gasteiger partial charge in [0, 0.05) is 23.2 Å². The van der Waals surface area contributed by atoms with Crippen LogP contribution in [0.4, 0.5) is 5.69 Å². The Kier molecular flexibility index (Phi) is 3.48. The molecule has 1 aromatic carbocycles. The van der Waals surface area contributed by atoms with Crippen LogP contribution in [-0.2, 0) is 4.79 Å². The van der Waals surface area contributed by atoms with Gasteiger partial charge in [0.05, 0.1) is 0 Å². The average Bonchev–Trinajstić information content (AvgIpc) is 2.27. The number of carbonyl (C=O) groups is 2. The van der Waals surface area contributed by atoms with Crippen molar-refractivity contribution in [1.29, 1.82) is 0 Å². The highest BCUT2D eigenvalue weighted by atomic mass is 16.1. The number of nitrogens with one attached hydrogen (secondary N) is 1. The van der Waals surface area contributed by atoms with E-state index in [1.165, 1.54) is 6.92 Å². The molecule has 96 valence electrons. The third kappa shape index (κ3) is 2.96. The van der Waals surface area contributed by atoms with Crippen molar-refractivity contribution in [1.82, 2.24) is 0 Å². The predicted molar refractivity (Wildman–Crippen MR) is 70.5 cm³/mol. The van der Waals surface area contributed by atoms with E-state index in [9.17, 15) is 9.59 Å². The maximum absolute atomic E-state index is 11.8. The first-order valence-electron chi connectivity index (χ1n) is 6.18. The average molecular weight is 246 g/mol. The summed E-state index contributed by atoms with van der Waals surface area (Å²) in [5, 5.41) is 2.79. The highest BCUT2D eigenvalue weighted by Gasteiger charge is 2.34. The van der Waals surface area contributed by atoms with Gasteiger partial charge in [0.2, 0.25) is 5.91 Å². The monoisotopic (exact) mass is 246 g/mol. The molecule has 4 nitrogen and oxygen atoms in total. The normalized spacial score (nSPS) is 16.8. The van der Waals surface area contributed by atoms with Gasteiger partial charge in [-0.3, -0.25) is 9.59 Å². The van der Waals surface area contributed by atoms with Crippen molar-refractivity contribution in [3.8, 4) is 0 Å². The van der Waals surface area contributed by atoms with Crippen LogP contribution in [0.1, 0.15) is 43.0 Å². The molecule has 18 heavy (non-hydrogen) atoms. The lowest BCUT2D eigenvalue weighted by Crippen LogP contribution is -2.48. The fourth-order valence-electron chi connectivity index (χ4n) is 2.15. The lowest BCUT2D eigenvalue weighted by molar-refractivity contribution is -0.118. The Hall–Kier alpha value is -1.68. The molecule has 0 aliphatic heterocycles. The van der Waals surface area contributed by atoms with Crippen LogP contribution in [-0.4, -0.2) is 17.2 Å². The Balaban J connectivity index is 1.98. The first-order chi connectivity index (χ1) is 8.48. The first kappa shape index (κ1) is 12.8. The highest BCUT2D eigenvalue weighted by molar-refractivity contribution is 5.97. The number of hydrogen-bond donors (Lipinski definition) is 2. The van der Waals surface area contributed by atoms with E-state index in [-0.39, 0.29) is 17.2 Å². The van der Waals surface area contributed by atoms with Gasteiger partial charge in [-0.05, 0) is 38.3 Å². The zero-order chi connectivity index (χ0) is 13.2. The van der Waals surface area contributed by atoms with Crippen LogP contribution >= 0.6 is 0 Å². The van der Waals surface area contributed by atoms with Gasteiger partial charge in [0.15, 0.2) is 5.78 Å². The number of nitrogens with two attached hydrogens (primary N) is 1. The number of benzene rings is 1. The summed E-state index contributed by atoms with van der Waals surface area (Å²) in [6.07, 6.45) is 3.27. The Morgan fingerprint density at radius 2 is 2.11 bits per heavy atom. The van der Waals surface area contributed by atoms with Gasteiger partial charge in [0.25, 0.3) is 0 Å². The third-order valence-corrected chi connectivity index (χ3v) is 3.41. The number of carbonyl (C=O) groups excluding carboxylic acids is 2. The molecular weight excluding hydrogens is 228 g/mol. The molecule has 0 heterocycles. The van der Waals surface area contributed by atoms with Gasteiger partial charge >= 0.3 is 0 Å². The molecule has 0 spiro atoms. The molecular formula is C14H18N2O2. The second kappa shape index (κ2) is 4.90. The quantitative estimate of drug-likeness (QED) is 0.799. The smallest absolute Gasteiger partial charge is 0.226 e. The molecule has 4 heteroatoms. The summed E-state index contributed by atoms with van der Waals surface area (Å²) in [6.45, 7) is 1.50. The molecule has 0 unspecified atom stereocenters. The molecule has 2 rings (SSSR count). The summed E-state index contributed by atoms with van der Waals surface area (Å²) in [5.74, 6) is -0.0988. The number of rotatable bonds is 4. The van der Waals surface area contributed by atoms with E-state index in [2.05, 4.69) is 5.32 Å². The van der Waals surface area contributed by atoms with Crippen LogP contribution in [0.3, 0.4) is 0 Å². The van der Waals surface area contributed by atoms with E-state index < -0.39 is 0 Å². The molecule has 0 saturated heterocycles. The molecule has 1 saturated carbocycles. The van der Waals surface area contributed by atoms with Gasteiger partial charge in [-0.15, -0.1) is 0 Å². The summed E-state index contributed by atoms with van der Waals surface area (Å²) >= 11 is 0. The second-order valence-corrected chi connectivity index (χ2v) is 5.08. The fourth-order valence-corrected chi connectivity index (χ4v) is 2.15. The molecule has 0 atom stereocenters. The van der Waals surface area contributed by atoms with E-state index in [1.807, 2.05) is 0 Å². The van der Waals surface area contributed by atoms with Crippen LogP contribution in [0.15, 0.2) is 24.3 Å². The van der Waals surface area contributed by atoms with Crippen molar-refractivity contribution in [2.75, 3.05) is 5.32 Å². The van der Waals surface area contributed by atoms with Gasteiger partial charge in [0.1, 0.15) is 0 Å². The maximum Gasteiger partial charge on any atom is 0.226 e. The minimum atomic E-state index is -0.317. The molecule has 1 aliphatic rings. The number of amides is 1. The van der Waals surface area contributed by atoms with Crippen molar-refractivity contribution in [2.45, 2.75) is 38.1 Å². The van der Waals surface area contributed by atoms with Crippen molar-refractivity contribution >= 4 is 17.4 Å². The van der Waals surface area contributed by atoms with Crippen molar-refractivity contribution < 1.29 is 9.59 Å². The maximum atomic E-state index is 11.8. The third-order valence-electron chi connectivity index (χ3n) is 3.41. The summed E-state index contributed by atoms with van der Waals surface area (Å²) < 4.78 is 0. The van der Waals surface area contributed by atoms with Crippen molar-refractivity contribution in [3.05, 3.63) is 29.8 Å². The Bertz CT molecular complexity index is 478. The molecule has 0 radical (unpaired) electrons. The lowest BCUT2D eigenvalue weighted by atomic mass is 9.75. The highest BCUT2D eigenvalue weighted by Crippen LogP contribution is 2.32. The van der Waals surface area contributed by atoms with Crippen LogP contribution in [0.2, 0.25) is 0 Å². The van der Waals surface area contributed by atoms with Crippen molar-refractivity contribution in [2.24, 2.45) is 5.73 Å². The number of ketones is 1. The Labute approximate surface area is 107 Å². The van der Waals surface area contributed by atoms with Crippen LogP contribution < -0.4 is 11.1 Å². The first-order valence-corrected chi connectivity index (χ1v) is 6.18. The number of Topliss-reactive ketones (excluding diaryl/α,β-unsaturated/α-hetero) is 1. The fraction of sp³-hybridized carbons (Fsp3) is 0.429. The molecule has 0 aromatic heterocycles. The lowest BCUT2D eigenvalue weighted by Gasteiger charge is -2.37. The van der Waals surface area contributed by atoms with Gasteiger partial charge in [-0.1, -0.05) is 12.1 Å². The number of hydrogen-bond acceptors (Lipinski definition) is 3. The largest absolute Gasteiger partial charge is 0.326 e. The second-order valence-electron chi connectivity index (χ2n) is 5.08. The Morgan fingerprint density at radius 3 is 2.67 bits per heavy atom. The molecule has 1 amide bonds. The molecule has 3 N–H and O–H groups in total. The zero-order valence-corrected chi connectivity index (χ0v) is 10.5. The number of anilines is 1. The summed E-state index contributed by atoms with van der Waals surface area (Å²) in [4.78, 5) is 23.1. The molecule has 1 aromatic rings. The van der Waals surface area contributed by atoms with Gasteiger partial charge < -0.3 is 11.1 Å². The standard InChI is InChI=1S/C14H18N2O2/c1-10(17)11-4-2-5-12(8-11)16-13(18)9-14(15)6-3-7-14/h2,4-5,8H,3,6-7,9,15H2,1H3,(H,16,18). The van der Waals surface area contributed by atoms with Crippen LogP contribution in [0.25, 0.3) is 0 Å². The van der Waals surface area contributed by atoms with Crippen molar-refractivity contribution in [3.63, 3.8) is 0 Å². The minimum absolute atomic E-state index is 0.0135. The molecule has 1 fully saturated rings.